The second-order valence-electron chi connectivity index (χ2n) is 2.91. The molecule has 72 valence electrons. The molecule has 0 saturated heterocycles. The van der Waals surface area contributed by atoms with Gasteiger partial charge in [0.1, 0.15) is 0 Å². The molecule has 0 aromatic heterocycles. The summed E-state index contributed by atoms with van der Waals surface area (Å²) in [6, 6.07) is 0. The van der Waals surface area contributed by atoms with Gasteiger partial charge in [0.25, 0.3) is 0 Å². The Morgan fingerprint density at radius 2 is 2.15 bits per heavy atom. The molecule has 0 aliphatic rings. The van der Waals surface area contributed by atoms with Crippen molar-refractivity contribution in [3.05, 3.63) is 11.6 Å². The van der Waals surface area contributed by atoms with Crippen molar-refractivity contribution < 1.29 is 9.90 Å². The van der Waals surface area contributed by atoms with E-state index in [1.807, 2.05) is 13.8 Å². The molecule has 0 saturated carbocycles. The van der Waals surface area contributed by atoms with E-state index >= 15 is 0 Å². The summed E-state index contributed by atoms with van der Waals surface area (Å²) in [6.45, 7) is 3.78. The van der Waals surface area contributed by atoms with Crippen LogP contribution < -0.4 is 0 Å². The quantitative estimate of drug-likeness (QED) is 0.401. The first kappa shape index (κ1) is 11.8. The van der Waals surface area contributed by atoms with E-state index in [1.165, 1.54) is 0 Å². The number of rotatable bonds is 5. The third-order valence-electron chi connectivity index (χ3n) is 1.67. The van der Waals surface area contributed by atoms with Crippen LogP contribution in [0.25, 0.3) is 0 Å². The lowest BCUT2D eigenvalue weighted by molar-refractivity contribution is -0.136. The van der Waals surface area contributed by atoms with Gasteiger partial charge in [0, 0.05) is 12.8 Å². The van der Waals surface area contributed by atoms with Crippen molar-refractivity contribution in [2.75, 3.05) is 0 Å². The Morgan fingerprint density at radius 3 is 2.69 bits per heavy atom. The highest BCUT2D eigenvalue weighted by molar-refractivity contribution is 5.66. The van der Waals surface area contributed by atoms with Crippen LogP contribution in [0, 0.1) is 11.8 Å². The number of carboxylic acid groups (broad SMARTS) is 1. The number of carboxylic acids is 1. The van der Waals surface area contributed by atoms with Crippen LogP contribution in [-0.2, 0) is 4.79 Å². The van der Waals surface area contributed by atoms with Crippen molar-refractivity contribution in [3.63, 3.8) is 0 Å². The number of aliphatic carboxylic acids is 1. The Balaban J connectivity index is 3.60. The first-order chi connectivity index (χ1) is 6.16. The van der Waals surface area contributed by atoms with Gasteiger partial charge < -0.3 is 5.11 Å². The van der Waals surface area contributed by atoms with Gasteiger partial charge in [-0.05, 0) is 26.7 Å². The fourth-order valence-electron chi connectivity index (χ4n) is 0.922. The smallest absolute Gasteiger partial charge is 0.303 e. The summed E-state index contributed by atoms with van der Waals surface area (Å²) in [5, 5.41) is 8.42. The molecule has 2 nitrogen and oxygen atoms in total. The summed E-state index contributed by atoms with van der Waals surface area (Å²) in [6.07, 6.45) is 4.72. The zero-order chi connectivity index (χ0) is 10.1. The number of carbonyl (C=O) groups is 1. The van der Waals surface area contributed by atoms with E-state index in [0.717, 1.165) is 18.4 Å². The first-order valence-electron chi connectivity index (χ1n) is 4.44. The predicted molar refractivity (Wildman–Crippen MR) is 53.3 cm³/mol. The van der Waals surface area contributed by atoms with E-state index in [-0.39, 0.29) is 6.42 Å². The molecule has 0 spiro atoms. The van der Waals surface area contributed by atoms with Crippen LogP contribution in [0.1, 0.15) is 39.5 Å². The zero-order valence-corrected chi connectivity index (χ0v) is 8.26. The maximum atomic E-state index is 10.2. The molecule has 1 N–H and O–H groups in total. The molecule has 2 heteroatoms. The molecular weight excluding hydrogens is 164 g/mol. The summed E-state index contributed by atoms with van der Waals surface area (Å²) in [5.74, 6) is 5.04. The molecule has 0 aromatic rings. The SMILES string of the molecule is CC#CCC/C=C(\C)CCC(=O)O. The lowest BCUT2D eigenvalue weighted by Crippen LogP contribution is -1.94. The molecule has 0 fully saturated rings. The minimum atomic E-state index is -0.735. The van der Waals surface area contributed by atoms with Gasteiger partial charge in [0.15, 0.2) is 0 Å². The average molecular weight is 180 g/mol. The van der Waals surface area contributed by atoms with E-state index < -0.39 is 5.97 Å². The molecule has 0 atom stereocenters. The van der Waals surface area contributed by atoms with Crippen LogP contribution in [0.4, 0.5) is 0 Å². The number of allylic oxidation sites excluding steroid dienone is 2. The Kier molecular flexibility index (Phi) is 6.72. The molecule has 0 rings (SSSR count). The first-order valence-corrected chi connectivity index (χ1v) is 4.44. The summed E-state index contributed by atoms with van der Waals surface area (Å²) < 4.78 is 0. The van der Waals surface area contributed by atoms with Gasteiger partial charge >= 0.3 is 5.97 Å². The van der Waals surface area contributed by atoms with Crippen molar-refractivity contribution in [3.8, 4) is 11.8 Å². The van der Waals surface area contributed by atoms with Crippen molar-refractivity contribution in [2.24, 2.45) is 0 Å². The Morgan fingerprint density at radius 1 is 1.46 bits per heavy atom. The number of hydrogen-bond acceptors (Lipinski definition) is 1. The summed E-state index contributed by atoms with van der Waals surface area (Å²) in [7, 11) is 0. The third kappa shape index (κ3) is 8.68. The molecule has 13 heavy (non-hydrogen) atoms. The summed E-state index contributed by atoms with van der Waals surface area (Å²) in [5.41, 5.74) is 1.14. The Bertz CT molecular complexity index is 241. The van der Waals surface area contributed by atoms with E-state index in [1.54, 1.807) is 0 Å². The van der Waals surface area contributed by atoms with E-state index in [2.05, 4.69) is 17.9 Å². The van der Waals surface area contributed by atoms with Crippen LogP contribution in [0.5, 0.6) is 0 Å². The Hall–Kier alpha value is -1.23. The number of unbranched alkanes of at least 4 members (excludes halogenated alkanes) is 1. The van der Waals surface area contributed by atoms with Crippen LogP contribution >= 0.6 is 0 Å². The maximum Gasteiger partial charge on any atom is 0.303 e. The van der Waals surface area contributed by atoms with Crippen LogP contribution in [0.3, 0.4) is 0 Å². The fourth-order valence-corrected chi connectivity index (χ4v) is 0.922. The molecule has 0 bridgehead atoms. The minimum Gasteiger partial charge on any atom is -0.481 e. The molecule has 0 amide bonds. The maximum absolute atomic E-state index is 10.2. The second-order valence-corrected chi connectivity index (χ2v) is 2.91. The minimum absolute atomic E-state index is 0.224. The van der Waals surface area contributed by atoms with Crippen LogP contribution in [-0.4, -0.2) is 11.1 Å². The van der Waals surface area contributed by atoms with Gasteiger partial charge in [-0.25, -0.2) is 0 Å². The van der Waals surface area contributed by atoms with Gasteiger partial charge in [-0.2, -0.15) is 0 Å². The van der Waals surface area contributed by atoms with Crippen molar-refractivity contribution in [2.45, 2.75) is 39.5 Å². The van der Waals surface area contributed by atoms with E-state index in [0.29, 0.717) is 6.42 Å². The van der Waals surface area contributed by atoms with Crippen molar-refractivity contribution in [1.29, 1.82) is 0 Å². The highest BCUT2D eigenvalue weighted by atomic mass is 16.4. The molecule has 0 unspecified atom stereocenters. The average Bonchev–Trinajstić information content (AvgIpc) is 2.09. The van der Waals surface area contributed by atoms with Gasteiger partial charge in [-0.15, -0.1) is 11.8 Å². The molecule has 0 aromatic carbocycles. The van der Waals surface area contributed by atoms with Crippen molar-refractivity contribution in [1.82, 2.24) is 0 Å². The number of hydrogen-bond donors (Lipinski definition) is 1. The zero-order valence-electron chi connectivity index (χ0n) is 8.26. The monoisotopic (exact) mass is 180 g/mol. The third-order valence-corrected chi connectivity index (χ3v) is 1.67. The van der Waals surface area contributed by atoms with Crippen molar-refractivity contribution >= 4 is 5.97 Å². The standard InChI is InChI=1S/C11H16O2/c1-3-4-5-6-7-10(2)8-9-11(12)13/h7H,5-6,8-9H2,1-2H3,(H,12,13)/b10-7+. The Labute approximate surface area is 79.7 Å². The van der Waals surface area contributed by atoms with Gasteiger partial charge in [-0.3, -0.25) is 4.79 Å². The fraction of sp³-hybridized carbons (Fsp3) is 0.545. The lowest BCUT2D eigenvalue weighted by Gasteiger charge is -1.96. The largest absolute Gasteiger partial charge is 0.481 e. The van der Waals surface area contributed by atoms with Crippen LogP contribution in [0.2, 0.25) is 0 Å². The molecule has 0 heterocycles. The van der Waals surface area contributed by atoms with Gasteiger partial charge in [0.05, 0.1) is 0 Å². The van der Waals surface area contributed by atoms with E-state index in [4.69, 9.17) is 5.11 Å². The molecule has 0 aliphatic heterocycles. The molecular formula is C11H16O2. The van der Waals surface area contributed by atoms with Gasteiger partial charge in [0.2, 0.25) is 0 Å². The predicted octanol–water partition coefficient (Wildman–Crippen LogP) is 2.60. The lowest BCUT2D eigenvalue weighted by atomic mass is 10.1. The van der Waals surface area contributed by atoms with Gasteiger partial charge in [-0.1, -0.05) is 11.6 Å². The second kappa shape index (κ2) is 7.42. The topological polar surface area (TPSA) is 37.3 Å². The van der Waals surface area contributed by atoms with E-state index in [9.17, 15) is 4.79 Å². The summed E-state index contributed by atoms with van der Waals surface area (Å²) in [4.78, 5) is 10.2. The summed E-state index contributed by atoms with van der Waals surface area (Å²) >= 11 is 0. The van der Waals surface area contributed by atoms with Crippen LogP contribution in [0.15, 0.2) is 11.6 Å². The highest BCUT2D eigenvalue weighted by Gasteiger charge is 1.96. The normalized spacial score (nSPS) is 10.5. The molecule has 0 radical (unpaired) electrons. The molecule has 0 aliphatic carbocycles. The highest BCUT2D eigenvalue weighted by Crippen LogP contribution is 2.05.